The van der Waals surface area contributed by atoms with Gasteiger partial charge < -0.3 is 0 Å². The minimum atomic E-state index is -1.08. The summed E-state index contributed by atoms with van der Waals surface area (Å²) in [5.41, 5.74) is 1.09. The van der Waals surface area contributed by atoms with Crippen molar-refractivity contribution in [2.75, 3.05) is 0 Å². The zero-order valence-corrected chi connectivity index (χ0v) is 9.37. The third-order valence-electron chi connectivity index (χ3n) is 0.254. The molecule has 1 nitrogen and oxygen atoms in total. The maximum Gasteiger partial charge on any atom is 0.254 e. The second kappa shape index (κ2) is 9.24. The lowest BCUT2D eigenvalue weighted by atomic mass is 10.9. The summed E-state index contributed by atoms with van der Waals surface area (Å²) in [7, 11) is 0. The minimum absolute atomic E-state index is 0.0895. The lowest BCUT2D eigenvalue weighted by molar-refractivity contribution is -0.110. The van der Waals surface area contributed by atoms with Crippen LogP contribution in [0.1, 0.15) is 0 Å². The monoisotopic (exact) mass is 276 g/mol. The van der Waals surface area contributed by atoms with Gasteiger partial charge in [0.15, 0.2) is 4.84 Å². The van der Waals surface area contributed by atoms with Crippen LogP contribution in [-0.2, 0) is 4.79 Å². The van der Waals surface area contributed by atoms with Gasteiger partial charge in [-0.2, -0.15) is 0 Å². The summed E-state index contributed by atoms with van der Waals surface area (Å²) in [4.78, 5) is 8.57. The summed E-state index contributed by atoms with van der Waals surface area (Å²) in [6.45, 7) is 0. The van der Waals surface area contributed by atoms with Crippen molar-refractivity contribution in [2.45, 2.75) is 4.84 Å². The fraction of sp³-hybridized carbons (Fsp3) is 0.250. The van der Waals surface area contributed by atoms with E-state index >= 15 is 0 Å². The average Bonchev–Trinajstić information content (AvgIpc) is 1.89. The van der Waals surface area contributed by atoms with Gasteiger partial charge in [-0.3, -0.25) is 4.79 Å². The molecule has 0 amide bonds. The van der Waals surface area contributed by atoms with Crippen LogP contribution < -0.4 is 0 Å². The van der Waals surface area contributed by atoms with E-state index in [2.05, 4.69) is 0 Å². The molecule has 7 heteroatoms. The standard InChI is InChI=1S/C2HCl3O.C2HCl3/c3-1(4)2(5)6;3-1-2(4)5/h1H;1H. The van der Waals surface area contributed by atoms with Crippen LogP contribution >= 0.6 is 69.6 Å². The van der Waals surface area contributed by atoms with Crippen molar-refractivity contribution in [3.8, 4) is 0 Å². The Morgan fingerprint density at radius 2 is 1.36 bits per heavy atom. The van der Waals surface area contributed by atoms with Gasteiger partial charge in [0, 0.05) is 5.54 Å². The molecule has 0 aromatic heterocycles. The van der Waals surface area contributed by atoms with Crippen molar-refractivity contribution in [3.05, 3.63) is 10.0 Å². The molecule has 66 valence electrons. The fourth-order valence-electron chi connectivity index (χ4n) is 0. The molecular formula is C4H2Cl6O. The zero-order valence-electron chi connectivity index (χ0n) is 4.83. The number of rotatable bonds is 1. The van der Waals surface area contributed by atoms with Crippen molar-refractivity contribution < 1.29 is 4.79 Å². The normalized spacial score (nSPS) is 8.27. The molecule has 0 N–H and O–H groups in total. The molecule has 0 rings (SSSR count). The molecule has 0 aliphatic heterocycles. The Hall–Kier alpha value is 1.15. The van der Waals surface area contributed by atoms with Crippen molar-refractivity contribution in [1.29, 1.82) is 0 Å². The van der Waals surface area contributed by atoms with E-state index in [1.807, 2.05) is 0 Å². The van der Waals surface area contributed by atoms with Crippen molar-refractivity contribution in [1.82, 2.24) is 0 Å². The number of carbonyl (C=O) groups is 1. The fourth-order valence-corrected chi connectivity index (χ4v) is 0. The topological polar surface area (TPSA) is 17.1 Å². The van der Waals surface area contributed by atoms with E-state index in [0.29, 0.717) is 0 Å². The summed E-state index contributed by atoms with van der Waals surface area (Å²) >= 11 is 29.3. The van der Waals surface area contributed by atoms with Gasteiger partial charge in [0.2, 0.25) is 0 Å². The molecule has 0 aromatic rings. The highest BCUT2D eigenvalue weighted by Crippen LogP contribution is 2.06. The molecule has 0 fully saturated rings. The third-order valence-corrected chi connectivity index (χ3v) is 1.75. The number of hydrogen-bond donors (Lipinski definition) is 0. The summed E-state index contributed by atoms with van der Waals surface area (Å²) in [5.74, 6) is 0. The molecule has 0 aromatic carbocycles. The second-order valence-corrected chi connectivity index (χ2v) is 3.70. The predicted molar refractivity (Wildman–Crippen MR) is 52.0 cm³/mol. The largest absolute Gasteiger partial charge is 0.278 e. The first-order chi connectivity index (χ1) is 4.91. The average molecular weight is 279 g/mol. The van der Waals surface area contributed by atoms with Gasteiger partial charge in [-0.05, 0) is 11.6 Å². The molecule has 0 bridgehead atoms. The van der Waals surface area contributed by atoms with Gasteiger partial charge in [0.25, 0.3) is 5.24 Å². The SMILES string of the molecule is ClC=C(Cl)Cl.O=C(Cl)C(Cl)Cl. The molecule has 0 unspecified atom stereocenters. The Morgan fingerprint density at radius 1 is 1.18 bits per heavy atom. The first kappa shape index (κ1) is 14.7. The van der Waals surface area contributed by atoms with Gasteiger partial charge in [0.05, 0.1) is 0 Å². The summed E-state index contributed by atoms with van der Waals surface area (Å²) in [6.07, 6.45) is 0. The molecule has 0 spiro atoms. The first-order valence-electron chi connectivity index (χ1n) is 2.00. The molecule has 11 heavy (non-hydrogen) atoms. The number of carbonyl (C=O) groups excluding carboxylic acids is 1. The van der Waals surface area contributed by atoms with Crippen molar-refractivity contribution in [3.63, 3.8) is 0 Å². The van der Waals surface area contributed by atoms with Crippen molar-refractivity contribution >= 4 is 74.8 Å². The number of hydrogen-bond acceptors (Lipinski definition) is 1. The lowest BCUT2D eigenvalue weighted by Crippen LogP contribution is -1.95. The van der Waals surface area contributed by atoms with E-state index in [1.54, 1.807) is 0 Å². The molecule has 0 saturated carbocycles. The Morgan fingerprint density at radius 3 is 1.36 bits per heavy atom. The van der Waals surface area contributed by atoms with Gasteiger partial charge in [-0.1, -0.05) is 58.0 Å². The van der Waals surface area contributed by atoms with E-state index in [0.717, 1.165) is 5.54 Å². The minimum Gasteiger partial charge on any atom is -0.278 e. The maximum absolute atomic E-state index is 9.65. The Labute approximate surface area is 94.1 Å². The molecule has 0 atom stereocenters. The van der Waals surface area contributed by atoms with Crippen LogP contribution in [0.4, 0.5) is 0 Å². The molecule has 0 saturated heterocycles. The Balaban J connectivity index is 0. The highest BCUT2D eigenvalue weighted by atomic mass is 35.5. The van der Waals surface area contributed by atoms with E-state index in [4.69, 9.17) is 69.6 Å². The van der Waals surface area contributed by atoms with Crippen LogP contribution in [0.2, 0.25) is 0 Å². The van der Waals surface area contributed by atoms with E-state index in [9.17, 15) is 4.79 Å². The summed E-state index contributed by atoms with van der Waals surface area (Å²) in [6, 6.07) is 0. The van der Waals surface area contributed by atoms with Crippen LogP contribution in [0.15, 0.2) is 10.0 Å². The lowest BCUT2D eigenvalue weighted by Gasteiger charge is -1.82. The maximum atomic E-state index is 9.65. The zero-order chi connectivity index (χ0) is 9.44. The Kier molecular flexibility index (Phi) is 12.3. The van der Waals surface area contributed by atoms with Crippen molar-refractivity contribution in [2.24, 2.45) is 0 Å². The number of alkyl halides is 2. The van der Waals surface area contributed by atoms with Gasteiger partial charge in [-0.25, -0.2) is 0 Å². The molecular weight excluding hydrogens is 277 g/mol. The van der Waals surface area contributed by atoms with Crippen LogP contribution in [0.3, 0.4) is 0 Å². The van der Waals surface area contributed by atoms with E-state index < -0.39 is 10.1 Å². The summed E-state index contributed by atoms with van der Waals surface area (Å²) < 4.78 is 0.0895. The summed E-state index contributed by atoms with van der Waals surface area (Å²) in [5, 5.41) is -0.738. The van der Waals surface area contributed by atoms with Crippen LogP contribution in [-0.4, -0.2) is 10.1 Å². The van der Waals surface area contributed by atoms with E-state index in [-0.39, 0.29) is 4.49 Å². The third kappa shape index (κ3) is 18.3. The molecule has 0 aliphatic carbocycles. The smallest absolute Gasteiger partial charge is 0.254 e. The molecule has 0 aliphatic rings. The number of halogens is 6. The quantitative estimate of drug-likeness (QED) is 0.522. The van der Waals surface area contributed by atoms with Crippen LogP contribution in [0.5, 0.6) is 0 Å². The first-order valence-corrected chi connectivity index (χ1v) is 4.45. The molecule has 0 heterocycles. The van der Waals surface area contributed by atoms with Crippen LogP contribution in [0, 0.1) is 0 Å². The van der Waals surface area contributed by atoms with Gasteiger partial charge in [0.1, 0.15) is 4.49 Å². The van der Waals surface area contributed by atoms with Gasteiger partial charge in [-0.15, -0.1) is 0 Å². The highest BCUT2D eigenvalue weighted by molar-refractivity contribution is 6.75. The van der Waals surface area contributed by atoms with Crippen LogP contribution in [0.25, 0.3) is 0 Å². The van der Waals surface area contributed by atoms with E-state index in [1.165, 1.54) is 0 Å². The second-order valence-electron chi connectivity index (χ2n) is 1.00. The highest BCUT2D eigenvalue weighted by Gasteiger charge is 2.04. The van der Waals surface area contributed by atoms with Gasteiger partial charge >= 0.3 is 0 Å². The molecule has 0 radical (unpaired) electrons. The predicted octanol–water partition coefficient (Wildman–Crippen LogP) is 4.06. The Bertz CT molecular complexity index is 138.